The molecule has 0 aliphatic carbocycles. The molecule has 6 nitrogen and oxygen atoms in total. The first-order valence-electron chi connectivity index (χ1n) is 10.0. The number of amides is 1. The maximum atomic E-state index is 12.6. The van der Waals surface area contributed by atoms with Gasteiger partial charge in [-0.3, -0.25) is 9.89 Å². The van der Waals surface area contributed by atoms with Crippen molar-refractivity contribution in [3.63, 3.8) is 0 Å². The molecule has 1 saturated heterocycles. The van der Waals surface area contributed by atoms with Crippen LogP contribution in [0.15, 0.2) is 60.7 Å². The van der Waals surface area contributed by atoms with E-state index >= 15 is 0 Å². The van der Waals surface area contributed by atoms with Gasteiger partial charge in [-0.2, -0.15) is 5.10 Å². The van der Waals surface area contributed by atoms with Gasteiger partial charge in [-0.05, 0) is 42.7 Å². The number of piperidine rings is 1. The summed E-state index contributed by atoms with van der Waals surface area (Å²) >= 11 is 0. The van der Waals surface area contributed by atoms with Gasteiger partial charge in [-0.15, -0.1) is 0 Å². The summed E-state index contributed by atoms with van der Waals surface area (Å²) in [7, 11) is 3.98. The van der Waals surface area contributed by atoms with Gasteiger partial charge in [0, 0.05) is 50.5 Å². The third kappa shape index (κ3) is 4.42. The van der Waals surface area contributed by atoms with Crippen LogP contribution in [-0.4, -0.2) is 49.3 Å². The summed E-state index contributed by atoms with van der Waals surface area (Å²) < 4.78 is 0. The van der Waals surface area contributed by atoms with Crippen LogP contribution in [0.3, 0.4) is 0 Å². The molecular weight excluding hydrogens is 362 g/mol. The van der Waals surface area contributed by atoms with Crippen LogP contribution >= 0.6 is 0 Å². The summed E-state index contributed by atoms with van der Waals surface area (Å²) in [4.78, 5) is 16.8. The molecule has 29 heavy (non-hydrogen) atoms. The number of hydrogen-bond acceptors (Lipinski definition) is 4. The highest BCUT2D eigenvalue weighted by molar-refractivity contribution is 5.94. The molecule has 0 saturated carbocycles. The van der Waals surface area contributed by atoms with Gasteiger partial charge in [0.15, 0.2) is 5.82 Å². The number of benzene rings is 2. The SMILES string of the molecule is CN(C)c1ccc(C(=O)NC2CCN(c3cc(-c4ccccc4)[nH]n3)CC2)cc1. The fourth-order valence-corrected chi connectivity index (χ4v) is 3.67. The number of nitrogens with zero attached hydrogens (tertiary/aromatic N) is 3. The molecule has 150 valence electrons. The molecule has 0 unspecified atom stereocenters. The van der Waals surface area contributed by atoms with Crippen molar-refractivity contribution in [2.24, 2.45) is 0 Å². The van der Waals surface area contributed by atoms with Crippen LogP contribution in [-0.2, 0) is 0 Å². The average molecular weight is 390 g/mol. The van der Waals surface area contributed by atoms with Crippen LogP contribution < -0.4 is 15.1 Å². The molecule has 1 aliphatic heterocycles. The number of nitrogens with one attached hydrogen (secondary N) is 2. The molecule has 2 N–H and O–H groups in total. The lowest BCUT2D eigenvalue weighted by atomic mass is 10.0. The number of carbonyl (C=O) groups is 1. The molecule has 2 heterocycles. The van der Waals surface area contributed by atoms with Gasteiger partial charge < -0.3 is 15.1 Å². The Morgan fingerprint density at radius 1 is 1.07 bits per heavy atom. The minimum absolute atomic E-state index is 0.000102. The topological polar surface area (TPSA) is 64.3 Å². The Labute approximate surface area is 171 Å². The van der Waals surface area contributed by atoms with Crippen LogP contribution in [0.1, 0.15) is 23.2 Å². The molecular formula is C23H27N5O. The number of aromatic amines is 1. The lowest BCUT2D eigenvalue weighted by molar-refractivity contribution is 0.0931. The lowest BCUT2D eigenvalue weighted by Gasteiger charge is -2.32. The summed E-state index contributed by atoms with van der Waals surface area (Å²) in [6, 6.07) is 20.2. The second kappa shape index (κ2) is 8.39. The summed E-state index contributed by atoms with van der Waals surface area (Å²) in [5.74, 6) is 0.966. The third-order valence-corrected chi connectivity index (χ3v) is 5.45. The van der Waals surface area contributed by atoms with E-state index in [-0.39, 0.29) is 11.9 Å². The number of hydrogen-bond donors (Lipinski definition) is 2. The van der Waals surface area contributed by atoms with Crippen molar-refractivity contribution in [2.75, 3.05) is 37.0 Å². The first-order valence-corrected chi connectivity index (χ1v) is 10.0. The van der Waals surface area contributed by atoms with Crippen molar-refractivity contribution in [1.29, 1.82) is 0 Å². The standard InChI is InChI=1S/C23H27N5O/c1-27(2)20-10-8-18(9-11-20)23(29)24-19-12-14-28(15-13-19)22-16-21(25-26-22)17-6-4-3-5-7-17/h3-11,16,19H,12-15H2,1-2H3,(H,24,29)(H,25,26). The Kier molecular flexibility index (Phi) is 5.51. The van der Waals surface area contributed by atoms with Crippen molar-refractivity contribution in [2.45, 2.75) is 18.9 Å². The van der Waals surface area contributed by atoms with E-state index in [2.05, 4.69) is 38.6 Å². The zero-order chi connectivity index (χ0) is 20.2. The first-order chi connectivity index (χ1) is 14.1. The predicted octanol–water partition coefficient (Wildman–Crippen LogP) is 3.54. The van der Waals surface area contributed by atoms with E-state index in [1.165, 1.54) is 0 Å². The second-order valence-electron chi connectivity index (χ2n) is 7.68. The molecule has 1 aromatic heterocycles. The molecule has 1 amide bonds. The zero-order valence-electron chi connectivity index (χ0n) is 16.9. The largest absolute Gasteiger partial charge is 0.378 e. The molecule has 1 fully saturated rings. The fourth-order valence-electron chi connectivity index (χ4n) is 3.67. The third-order valence-electron chi connectivity index (χ3n) is 5.45. The maximum absolute atomic E-state index is 12.6. The summed E-state index contributed by atoms with van der Waals surface area (Å²) in [6.45, 7) is 1.76. The number of carbonyl (C=O) groups excluding carboxylic acids is 1. The molecule has 0 bridgehead atoms. The van der Waals surface area contributed by atoms with Crippen molar-refractivity contribution in [3.8, 4) is 11.3 Å². The van der Waals surface area contributed by atoms with Gasteiger partial charge in [0.2, 0.25) is 0 Å². The zero-order valence-corrected chi connectivity index (χ0v) is 16.9. The molecule has 0 radical (unpaired) electrons. The molecule has 1 aliphatic rings. The predicted molar refractivity (Wildman–Crippen MR) is 117 cm³/mol. The van der Waals surface area contributed by atoms with Crippen molar-refractivity contribution in [1.82, 2.24) is 15.5 Å². The molecule has 6 heteroatoms. The highest BCUT2D eigenvalue weighted by atomic mass is 16.1. The first kappa shape index (κ1) is 19.1. The Hall–Kier alpha value is -3.28. The van der Waals surface area contributed by atoms with Gasteiger partial charge in [0.1, 0.15) is 0 Å². The number of aromatic nitrogens is 2. The van der Waals surface area contributed by atoms with E-state index in [1.54, 1.807) is 0 Å². The van der Waals surface area contributed by atoms with Crippen molar-refractivity contribution in [3.05, 3.63) is 66.2 Å². The Balaban J connectivity index is 1.31. The smallest absolute Gasteiger partial charge is 0.251 e. The van der Waals surface area contributed by atoms with Gasteiger partial charge in [0.05, 0.1) is 5.69 Å². The monoisotopic (exact) mass is 389 g/mol. The molecule has 0 atom stereocenters. The van der Waals surface area contributed by atoms with Gasteiger partial charge in [-0.1, -0.05) is 30.3 Å². The number of H-pyrrole nitrogens is 1. The number of anilines is 2. The van der Waals surface area contributed by atoms with E-state index in [0.717, 1.165) is 48.7 Å². The van der Waals surface area contributed by atoms with Crippen LogP contribution in [0, 0.1) is 0 Å². The number of rotatable bonds is 5. The Morgan fingerprint density at radius 3 is 2.41 bits per heavy atom. The van der Waals surface area contributed by atoms with Gasteiger partial charge in [0.25, 0.3) is 5.91 Å². The van der Waals surface area contributed by atoms with E-state index in [9.17, 15) is 4.79 Å². The summed E-state index contributed by atoms with van der Waals surface area (Å²) in [5, 5.41) is 10.8. The maximum Gasteiger partial charge on any atom is 0.251 e. The normalized spacial score (nSPS) is 14.6. The van der Waals surface area contributed by atoms with Crippen molar-refractivity contribution < 1.29 is 4.79 Å². The van der Waals surface area contributed by atoms with Crippen LogP contribution in [0.2, 0.25) is 0 Å². The highest BCUT2D eigenvalue weighted by Crippen LogP contribution is 2.24. The van der Waals surface area contributed by atoms with Crippen LogP contribution in [0.25, 0.3) is 11.3 Å². The lowest BCUT2D eigenvalue weighted by Crippen LogP contribution is -2.44. The molecule has 3 aromatic rings. The van der Waals surface area contributed by atoms with Gasteiger partial charge in [-0.25, -0.2) is 0 Å². The van der Waals surface area contributed by atoms with E-state index in [4.69, 9.17) is 0 Å². The second-order valence-corrected chi connectivity index (χ2v) is 7.68. The Morgan fingerprint density at radius 2 is 1.76 bits per heavy atom. The molecule has 2 aromatic carbocycles. The van der Waals surface area contributed by atoms with Crippen LogP contribution in [0.5, 0.6) is 0 Å². The molecule has 0 spiro atoms. The minimum atomic E-state index is -0.000102. The van der Waals surface area contributed by atoms with Crippen LogP contribution in [0.4, 0.5) is 11.5 Å². The van der Waals surface area contributed by atoms with E-state index in [0.29, 0.717) is 5.56 Å². The molecule has 4 rings (SSSR count). The quantitative estimate of drug-likeness (QED) is 0.701. The minimum Gasteiger partial charge on any atom is -0.378 e. The van der Waals surface area contributed by atoms with Crippen molar-refractivity contribution >= 4 is 17.4 Å². The summed E-state index contributed by atoms with van der Waals surface area (Å²) in [6.07, 6.45) is 1.82. The average Bonchev–Trinajstić information content (AvgIpc) is 3.25. The van der Waals surface area contributed by atoms with E-state index in [1.807, 2.05) is 61.5 Å². The summed E-state index contributed by atoms with van der Waals surface area (Å²) in [5.41, 5.74) is 3.95. The van der Waals surface area contributed by atoms with Gasteiger partial charge >= 0.3 is 0 Å². The fraction of sp³-hybridized carbons (Fsp3) is 0.304. The Bertz CT molecular complexity index is 941. The van der Waals surface area contributed by atoms with E-state index < -0.39 is 0 Å². The highest BCUT2D eigenvalue weighted by Gasteiger charge is 2.23.